The van der Waals surface area contributed by atoms with Crippen LogP contribution in [0.15, 0.2) is 22.9 Å². The number of carbonyl (C=O) groups excluding carboxylic acids is 1. The predicted octanol–water partition coefficient (Wildman–Crippen LogP) is 2.56. The summed E-state index contributed by atoms with van der Waals surface area (Å²) in [4.78, 5) is 16.4. The quantitative estimate of drug-likeness (QED) is 0.438. The van der Waals surface area contributed by atoms with E-state index in [1.165, 1.54) is 4.80 Å². The van der Waals surface area contributed by atoms with Crippen LogP contribution in [0.5, 0.6) is 0 Å². The van der Waals surface area contributed by atoms with Gasteiger partial charge < -0.3 is 4.74 Å². The Balaban J connectivity index is 0.000000413. The molecule has 0 radical (unpaired) electrons. The first kappa shape index (κ1) is 20.0. The van der Waals surface area contributed by atoms with E-state index in [1.54, 1.807) is 19.3 Å². The second-order valence-electron chi connectivity index (χ2n) is 5.73. The lowest BCUT2D eigenvalue weighted by Gasteiger charge is -2.00. The number of pyridine rings is 1. The number of halogens is 1. The Hall–Kier alpha value is -2.05. The zero-order chi connectivity index (χ0) is 18.2. The van der Waals surface area contributed by atoms with Crippen LogP contribution < -0.4 is 0 Å². The van der Waals surface area contributed by atoms with Crippen LogP contribution in [-0.2, 0) is 16.1 Å². The highest BCUT2D eigenvalue weighted by atomic mass is 79.9. The molecule has 0 aliphatic rings. The molecule has 24 heavy (non-hydrogen) atoms. The van der Waals surface area contributed by atoms with Gasteiger partial charge in [0, 0.05) is 22.4 Å². The van der Waals surface area contributed by atoms with Crippen LogP contribution >= 0.6 is 15.9 Å². The molecule has 7 nitrogen and oxygen atoms in total. The summed E-state index contributed by atoms with van der Waals surface area (Å²) in [6.07, 6.45) is 8.40. The number of esters is 1. The van der Waals surface area contributed by atoms with E-state index in [-0.39, 0.29) is 6.54 Å². The summed E-state index contributed by atoms with van der Waals surface area (Å²) < 4.78 is 5.61. The van der Waals surface area contributed by atoms with E-state index in [9.17, 15) is 4.79 Å². The second-order valence-corrected chi connectivity index (χ2v) is 11.4. The van der Waals surface area contributed by atoms with Crippen molar-refractivity contribution in [2.24, 2.45) is 0 Å². The highest BCUT2D eigenvalue weighted by Gasteiger charge is 2.10. The van der Waals surface area contributed by atoms with Crippen LogP contribution in [0.2, 0.25) is 19.6 Å². The number of rotatable bonds is 4. The summed E-state index contributed by atoms with van der Waals surface area (Å²) in [5.41, 5.74) is 3.46. The van der Waals surface area contributed by atoms with Crippen molar-refractivity contribution >= 4 is 30.0 Å². The van der Waals surface area contributed by atoms with E-state index >= 15 is 0 Å². The minimum atomic E-state index is -1.10. The molecule has 128 valence electrons. The molecule has 0 saturated carbocycles. The van der Waals surface area contributed by atoms with Gasteiger partial charge in [-0.25, -0.2) is 4.79 Å². The number of nitrogens with zero attached hydrogens (tertiary/aromatic N) is 5. The van der Waals surface area contributed by atoms with Crippen molar-refractivity contribution in [1.82, 2.24) is 25.2 Å². The van der Waals surface area contributed by atoms with Gasteiger partial charge >= 0.3 is 5.97 Å². The zero-order valence-electron chi connectivity index (χ0n) is 14.2. The summed E-state index contributed by atoms with van der Waals surface area (Å²) in [7, 11) is -1.10. The molecule has 0 aliphatic heterocycles. The minimum Gasteiger partial charge on any atom is -0.465 e. The van der Waals surface area contributed by atoms with Crippen LogP contribution in [0.3, 0.4) is 0 Å². The molecule has 0 amide bonds. The molecule has 0 unspecified atom stereocenters. The van der Waals surface area contributed by atoms with E-state index < -0.39 is 14.0 Å². The van der Waals surface area contributed by atoms with E-state index in [0.29, 0.717) is 12.4 Å². The molecule has 2 rings (SSSR count). The molecular formula is C15H20BrN5O2Si. The molecule has 2 aromatic heterocycles. The lowest BCUT2D eigenvalue weighted by atomic mass is 10.3. The Morgan fingerprint density at radius 1 is 1.42 bits per heavy atom. The molecular weight excluding hydrogens is 390 g/mol. The van der Waals surface area contributed by atoms with Crippen LogP contribution in [-0.4, -0.2) is 45.8 Å². The molecule has 2 heterocycles. The molecule has 2 aromatic rings. The molecule has 0 aromatic carbocycles. The monoisotopic (exact) mass is 409 g/mol. The topological polar surface area (TPSA) is 82.8 Å². The summed E-state index contributed by atoms with van der Waals surface area (Å²) in [6.45, 7) is 8.45. The molecule has 0 aliphatic carbocycles. The van der Waals surface area contributed by atoms with Gasteiger partial charge in [-0.05, 0) is 34.1 Å². The number of carbonyl (C=O) groups is 1. The number of ether oxygens (including phenoxy) is 1. The minimum absolute atomic E-state index is 0.0533. The number of aromatic nitrogens is 5. The predicted molar refractivity (Wildman–Crippen MR) is 97.6 cm³/mol. The highest BCUT2D eigenvalue weighted by Crippen LogP contribution is 2.17. The molecule has 9 heteroatoms. The van der Waals surface area contributed by atoms with Crippen LogP contribution in [0.1, 0.15) is 6.92 Å². The van der Waals surface area contributed by atoms with E-state index in [0.717, 1.165) is 10.0 Å². The Morgan fingerprint density at radius 3 is 2.62 bits per heavy atom. The smallest absolute Gasteiger partial charge is 0.329 e. The first-order valence-electron chi connectivity index (χ1n) is 7.27. The lowest BCUT2D eigenvalue weighted by molar-refractivity contribution is -0.144. The summed E-state index contributed by atoms with van der Waals surface area (Å²) >= 11 is 3.31. The zero-order valence-corrected chi connectivity index (χ0v) is 16.7. The van der Waals surface area contributed by atoms with Crippen molar-refractivity contribution in [3.8, 4) is 23.4 Å². The maximum absolute atomic E-state index is 11.2. The normalized spacial score (nSPS) is 10.3. The van der Waals surface area contributed by atoms with Gasteiger partial charge in [0.2, 0.25) is 5.82 Å². The van der Waals surface area contributed by atoms with Gasteiger partial charge in [-0.3, -0.25) is 4.98 Å². The van der Waals surface area contributed by atoms with Crippen LogP contribution in [0.25, 0.3) is 11.4 Å². The molecule has 0 saturated heterocycles. The van der Waals surface area contributed by atoms with Gasteiger partial charge in [-0.1, -0.05) is 19.6 Å². The molecule has 0 bridgehead atoms. The molecule has 0 N–H and O–H groups in total. The Bertz CT molecular complexity index is 721. The Labute approximate surface area is 151 Å². The Morgan fingerprint density at radius 2 is 2.08 bits per heavy atom. The average Bonchev–Trinajstić information content (AvgIpc) is 2.96. The fourth-order valence-electron chi connectivity index (χ4n) is 1.28. The van der Waals surface area contributed by atoms with Crippen LogP contribution in [0, 0.1) is 12.0 Å². The van der Waals surface area contributed by atoms with E-state index in [2.05, 4.69) is 61.5 Å². The van der Waals surface area contributed by atoms with Gasteiger partial charge in [0.1, 0.15) is 8.07 Å². The van der Waals surface area contributed by atoms with E-state index in [4.69, 9.17) is 11.2 Å². The van der Waals surface area contributed by atoms with Crippen LogP contribution in [0.4, 0.5) is 0 Å². The van der Waals surface area contributed by atoms with Gasteiger partial charge in [-0.15, -0.1) is 22.2 Å². The number of tetrazole rings is 1. The fraction of sp³-hybridized carbons (Fsp3) is 0.400. The molecule has 0 atom stereocenters. The summed E-state index contributed by atoms with van der Waals surface area (Å²) in [5.74, 6) is 0.0157. The van der Waals surface area contributed by atoms with Crippen molar-refractivity contribution in [1.29, 1.82) is 0 Å². The van der Waals surface area contributed by atoms with E-state index in [1.807, 2.05) is 6.07 Å². The summed E-state index contributed by atoms with van der Waals surface area (Å²) in [6, 6.07) is 1.82. The van der Waals surface area contributed by atoms with Crippen molar-refractivity contribution in [3.63, 3.8) is 0 Å². The average molecular weight is 410 g/mol. The number of hydrogen-bond donors (Lipinski definition) is 0. The molecule has 0 spiro atoms. The van der Waals surface area contributed by atoms with Gasteiger partial charge in [-0.2, -0.15) is 4.80 Å². The van der Waals surface area contributed by atoms with Crippen molar-refractivity contribution < 1.29 is 9.53 Å². The molecule has 0 fully saturated rings. The maximum Gasteiger partial charge on any atom is 0.329 e. The third-order valence-corrected chi connectivity index (χ3v) is 3.72. The van der Waals surface area contributed by atoms with Gasteiger partial charge in [0.05, 0.1) is 6.61 Å². The standard InChI is InChI=1S/C10H10BrN5O2.C5H10Si/c1-2-18-9(17)6-16-14-10(13-15-16)7-3-8(11)5-12-4-7;1-5-6(2,3)4/h3-5H,2,6H2,1H3;1H,2-4H3. The largest absolute Gasteiger partial charge is 0.465 e. The fourth-order valence-corrected chi connectivity index (χ4v) is 1.65. The third-order valence-electron chi connectivity index (χ3n) is 2.42. The third kappa shape index (κ3) is 7.48. The first-order chi connectivity index (χ1) is 11.2. The van der Waals surface area contributed by atoms with Crippen molar-refractivity contribution in [2.75, 3.05) is 6.61 Å². The van der Waals surface area contributed by atoms with Gasteiger partial charge in [0.15, 0.2) is 6.54 Å². The first-order valence-corrected chi connectivity index (χ1v) is 11.6. The maximum atomic E-state index is 11.2. The Kier molecular flexibility index (Phi) is 7.74. The van der Waals surface area contributed by atoms with Crippen molar-refractivity contribution in [2.45, 2.75) is 33.1 Å². The second kappa shape index (κ2) is 9.29. The van der Waals surface area contributed by atoms with Crippen molar-refractivity contribution in [3.05, 3.63) is 22.9 Å². The SMILES string of the molecule is C#C[Si](C)(C)C.CCOC(=O)Cn1nnc(-c2cncc(Br)c2)n1. The number of hydrogen-bond acceptors (Lipinski definition) is 6. The number of terminal acetylenes is 1. The lowest BCUT2D eigenvalue weighted by Crippen LogP contribution is -2.15. The highest BCUT2D eigenvalue weighted by molar-refractivity contribution is 9.10. The summed E-state index contributed by atoms with van der Waals surface area (Å²) in [5, 5.41) is 11.7. The van der Waals surface area contributed by atoms with Gasteiger partial charge in [0.25, 0.3) is 0 Å².